The molecule has 0 aromatic carbocycles. The Hall–Kier alpha value is -1.65. The number of hydrogen-bond acceptors (Lipinski definition) is 4. The van der Waals surface area contributed by atoms with Crippen molar-refractivity contribution in [2.24, 2.45) is 16.7 Å². The highest BCUT2D eigenvalue weighted by Crippen LogP contribution is 2.68. The minimum atomic E-state index is -1.02. The Morgan fingerprint density at radius 3 is 2.33 bits per heavy atom. The summed E-state index contributed by atoms with van der Waals surface area (Å²) in [5.74, 6) is 0.163. The quantitative estimate of drug-likeness (QED) is 0.869. The molecule has 1 aromatic heterocycles. The van der Waals surface area contributed by atoms with Crippen LogP contribution in [0.25, 0.3) is 0 Å². The fourth-order valence-electron chi connectivity index (χ4n) is 3.02. The van der Waals surface area contributed by atoms with E-state index < -0.39 is 5.97 Å². The number of carboxylic acid groups (broad SMARTS) is 1. The van der Waals surface area contributed by atoms with E-state index in [1.165, 1.54) is 0 Å². The van der Waals surface area contributed by atoms with Crippen LogP contribution in [0.4, 0.5) is 5.69 Å². The van der Waals surface area contributed by atoms with Gasteiger partial charge in [-0.15, -0.1) is 0 Å². The van der Waals surface area contributed by atoms with Gasteiger partial charge in [-0.05, 0) is 16.7 Å². The molecule has 0 atom stereocenters. The predicted molar refractivity (Wildman–Crippen MR) is 82.6 cm³/mol. The molecule has 0 unspecified atom stereocenters. The SMILES string of the molecule is CC(C)c1ncc(NCC2C(C)(C)C2(C)C)c(C(=O)O)n1. The minimum Gasteiger partial charge on any atom is -0.476 e. The second-order valence-electron chi connectivity index (χ2n) is 7.33. The van der Waals surface area contributed by atoms with Crippen LogP contribution in [0.3, 0.4) is 0 Å². The maximum atomic E-state index is 11.4. The molecule has 21 heavy (non-hydrogen) atoms. The second-order valence-corrected chi connectivity index (χ2v) is 7.33. The number of aromatic nitrogens is 2. The maximum absolute atomic E-state index is 11.4. The van der Waals surface area contributed by atoms with Gasteiger partial charge in [0.15, 0.2) is 5.69 Å². The summed E-state index contributed by atoms with van der Waals surface area (Å²) in [6, 6.07) is 0. The zero-order valence-electron chi connectivity index (χ0n) is 13.7. The number of anilines is 1. The highest BCUT2D eigenvalue weighted by Gasteiger charge is 2.64. The summed E-state index contributed by atoms with van der Waals surface area (Å²) in [6.07, 6.45) is 1.59. The fraction of sp³-hybridized carbons (Fsp3) is 0.688. The average Bonchev–Trinajstić information content (AvgIpc) is 2.76. The Kier molecular flexibility index (Phi) is 3.72. The van der Waals surface area contributed by atoms with Crippen LogP contribution >= 0.6 is 0 Å². The van der Waals surface area contributed by atoms with Crippen molar-refractivity contribution in [2.45, 2.75) is 47.5 Å². The van der Waals surface area contributed by atoms with Crippen molar-refractivity contribution < 1.29 is 9.90 Å². The van der Waals surface area contributed by atoms with Gasteiger partial charge >= 0.3 is 5.97 Å². The number of nitrogens with one attached hydrogen (secondary N) is 1. The third-order valence-corrected chi connectivity index (χ3v) is 5.34. The molecule has 5 heteroatoms. The van der Waals surface area contributed by atoms with Crippen LogP contribution in [0.2, 0.25) is 0 Å². The van der Waals surface area contributed by atoms with E-state index in [9.17, 15) is 9.90 Å². The van der Waals surface area contributed by atoms with Crippen LogP contribution in [0.1, 0.15) is 63.8 Å². The van der Waals surface area contributed by atoms with E-state index in [2.05, 4.69) is 43.0 Å². The Labute approximate surface area is 126 Å². The van der Waals surface area contributed by atoms with Gasteiger partial charge in [-0.2, -0.15) is 0 Å². The van der Waals surface area contributed by atoms with E-state index in [4.69, 9.17) is 0 Å². The van der Waals surface area contributed by atoms with Crippen molar-refractivity contribution in [3.8, 4) is 0 Å². The van der Waals surface area contributed by atoms with Crippen LogP contribution in [0.15, 0.2) is 6.20 Å². The number of rotatable bonds is 5. The predicted octanol–water partition coefficient (Wildman–Crippen LogP) is 3.39. The molecule has 0 saturated heterocycles. The van der Waals surface area contributed by atoms with Crippen molar-refractivity contribution in [3.05, 3.63) is 17.7 Å². The van der Waals surface area contributed by atoms with E-state index in [1.807, 2.05) is 13.8 Å². The smallest absolute Gasteiger partial charge is 0.356 e. The van der Waals surface area contributed by atoms with Crippen molar-refractivity contribution >= 4 is 11.7 Å². The van der Waals surface area contributed by atoms with Crippen LogP contribution < -0.4 is 5.32 Å². The Morgan fingerprint density at radius 1 is 1.33 bits per heavy atom. The summed E-state index contributed by atoms with van der Waals surface area (Å²) in [6.45, 7) is 13.6. The summed E-state index contributed by atoms with van der Waals surface area (Å²) >= 11 is 0. The lowest BCUT2D eigenvalue weighted by atomic mass is 10.0. The molecule has 0 aliphatic heterocycles. The molecule has 1 aromatic rings. The first-order chi connectivity index (χ1) is 9.59. The molecule has 0 amide bonds. The van der Waals surface area contributed by atoms with Crippen LogP contribution in [-0.2, 0) is 0 Å². The topological polar surface area (TPSA) is 75.1 Å². The van der Waals surface area contributed by atoms with Gasteiger partial charge in [0.2, 0.25) is 0 Å². The van der Waals surface area contributed by atoms with Crippen LogP contribution in [-0.4, -0.2) is 27.6 Å². The Bertz CT molecular complexity index is 551. The monoisotopic (exact) mass is 291 g/mol. The molecule has 116 valence electrons. The molecular weight excluding hydrogens is 266 g/mol. The van der Waals surface area contributed by atoms with E-state index in [0.717, 1.165) is 6.54 Å². The van der Waals surface area contributed by atoms with Gasteiger partial charge in [-0.3, -0.25) is 0 Å². The summed E-state index contributed by atoms with van der Waals surface area (Å²) in [5, 5.41) is 12.6. The molecule has 0 radical (unpaired) electrons. The van der Waals surface area contributed by atoms with E-state index in [1.54, 1.807) is 6.20 Å². The largest absolute Gasteiger partial charge is 0.476 e. The Balaban J connectivity index is 2.16. The van der Waals surface area contributed by atoms with Gasteiger partial charge in [0.25, 0.3) is 0 Å². The summed E-state index contributed by atoms with van der Waals surface area (Å²) < 4.78 is 0. The molecule has 1 aliphatic rings. The zero-order chi connectivity index (χ0) is 16.0. The van der Waals surface area contributed by atoms with Gasteiger partial charge in [-0.25, -0.2) is 14.8 Å². The first kappa shape index (κ1) is 15.7. The Morgan fingerprint density at radius 2 is 1.90 bits per heavy atom. The molecule has 2 rings (SSSR count). The maximum Gasteiger partial charge on any atom is 0.356 e. The molecular formula is C16H25N3O2. The number of aromatic carboxylic acids is 1. The van der Waals surface area contributed by atoms with Gasteiger partial charge < -0.3 is 10.4 Å². The first-order valence-electron chi connectivity index (χ1n) is 7.43. The fourth-order valence-corrected chi connectivity index (χ4v) is 3.02. The molecule has 5 nitrogen and oxygen atoms in total. The standard InChI is InChI=1S/C16H25N3O2/c1-9(2)13-18-7-10(12(19-13)14(20)21)17-8-11-15(3,4)16(11,5)6/h7,9,11,17H,8H2,1-6H3,(H,20,21). The van der Waals surface area contributed by atoms with Crippen molar-refractivity contribution in [3.63, 3.8) is 0 Å². The minimum absolute atomic E-state index is 0.0602. The summed E-state index contributed by atoms with van der Waals surface area (Å²) in [7, 11) is 0. The highest BCUT2D eigenvalue weighted by atomic mass is 16.4. The van der Waals surface area contributed by atoms with Crippen molar-refractivity contribution in [2.75, 3.05) is 11.9 Å². The van der Waals surface area contributed by atoms with Gasteiger partial charge in [-0.1, -0.05) is 41.5 Å². The van der Waals surface area contributed by atoms with Gasteiger partial charge in [0.1, 0.15) is 5.82 Å². The third-order valence-electron chi connectivity index (χ3n) is 5.34. The summed E-state index contributed by atoms with van der Waals surface area (Å²) in [5.41, 5.74) is 1.10. The molecule has 0 bridgehead atoms. The first-order valence-corrected chi connectivity index (χ1v) is 7.43. The molecule has 1 saturated carbocycles. The van der Waals surface area contributed by atoms with E-state index in [0.29, 0.717) is 17.4 Å². The number of carbonyl (C=O) groups is 1. The van der Waals surface area contributed by atoms with Crippen molar-refractivity contribution in [1.29, 1.82) is 0 Å². The van der Waals surface area contributed by atoms with E-state index >= 15 is 0 Å². The van der Waals surface area contributed by atoms with Crippen LogP contribution in [0.5, 0.6) is 0 Å². The molecule has 2 N–H and O–H groups in total. The third kappa shape index (κ3) is 2.61. The number of carboxylic acids is 1. The normalized spacial score (nSPS) is 19.6. The average molecular weight is 291 g/mol. The van der Waals surface area contributed by atoms with Crippen LogP contribution in [0, 0.1) is 16.7 Å². The zero-order valence-corrected chi connectivity index (χ0v) is 13.7. The molecule has 1 fully saturated rings. The van der Waals surface area contributed by atoms with Crippen molar-refractivity contribution in [1.82, 2.24) is 9.97 Å². The van der Waals surface area contributed by atoms with Gasteiger partial charge in [0, 0.05) is 12.5 Å². The number of hydrogen-bond donors (Lipinski definition) is 2. The van der Waals surface area contributed by atoms with Gasteiger partial charge in [0.05, 0.1) is 11.9 Å². The molecule has 1 aliphatic carbocycles. The number of nitrogens with zero attached hydrogens (tertiary/aromatic N) is 2. The lowest BCUT2D eigenvalue weighted by Gasteiger charge is -2.12. The second kappa shape index (κ2) is 4.97. The lowest BCUT2D eigenvalue weighted by Crippen LogP contribution is -2.15. The highest BCUT2D eigenvalue weighted by molar-refractivity contribution is 5.91. The molecule has 1 heterocycles. The molecule has 0 spiro atoms. The summed E-state index contributed by atoms with van der Waals surface area (Å²) in [4.78, 5) is 19.8. The van der Waals surface area contributed by atoms with E-state index in [-0.39, 0.29) is 22.4 Å². The lowest BCUT2D eigenvalue weighted by molar-refractivity contribution is 0.0691.